The van der Waals surface area contributed by atoms with Crippen LogP contribution in [0.25, 0.3) is 10.9 Å². The van der Waals surface area contributed by atoms with E-state index in [1.165, 1.54) is 0 Å². The highest BCUT2D eigenvalue weighted by molar-refractivity contribution is 6.14. The number of imidazole rings is 1. The lowest BCUT2D eigenvalue weighted by molar-refractivity contribution is 0.0725. The maximum atomic E-state index is 13.1. The summed E-state index contributed by atoms with van der Waals surface area (Å²) in [6, 6.07) is 5.35. The number of para-hydroxylation sites is 1. The molecule has 2 amide bonds. The monoisotopic (exact) mass is 337 g/mol. The minimum absolute atomic E-state index is 0.0316. The van der Waals surface area contributed by atoms with Crippen LogP contribution in [0.15, 0.2) is 24.5 Å². The first kappa shape index (κ1) is 15.4. The Labute approximate surface area is 144 Å². The molecular weight excluding hydrogens is 318 g/mol. The molecule has 0 spiro atoms. The number of hydrogen-bond acceptors (Lipinski definition) is 3. The fourth-order valence-electron chi connectivity index (χ4n) is 3.67. The molecule has 0 fully saturated rings. The zero-order valence-electron chi connectivity index (χ0n) is 14.2. The average Bonchev–Trinajstić information content (AvgIpc) is 3.12. The van der Waals surface area contributed by atoms with Gasteiger partial charge in [-0.1, -0.05) is 12.1 Å². The van der Waals surface area contributed by atoms with Crippen molar-refractivity contribution in [1.29, 1.82) is 0 Å². The summed E-state index contributed by atoms with van der Waals surface area (Å²) in [7, 11) is 1.88. The van der Waals surface area contributed by atoms with Crippen LogP contribution in [-0.2, 0) is 20.0 Å². The van der Waals surface area contributed by atoms with Gasteiger partial charge in [0, 0.05) is 36.8 Å². The molecule has 7 heteroatoms. The quantitative estimate of drug-likeness (QED) is 0.758. The van der Waals surface area contributed by atoms with Gasteiger partial charge in [0.15, 0.2) is 0 Å². The highest BCUT2D eigenvalue weighted by Gasteiger charge is 2.31. The van der Waals surface area contributed by atoms with E-state index in [9.17, 15) is 9.59 Å². The van der Waals surface area contributed by atoms with Gasteiger partial charge < -0.3 is 20.2 Å². The smallest absolute Gasteiger partial charge is 0.256 e. The zero-order chi connectivity index (χ0) is 17.7. The maximum absolute atomic E-state index is 13.1. The van der Waals surface area contributed by atoms with Crippen molar-refractivity contribution in [2.75, 3.05) is 6.54 Å². The molecule has 7 nitrogen and oxygen atoms in total. The largest absolute Gasteiger partial charge is 0.366 e. The molecule has 3 N–H and O–H groups in total. The number of fused-ring (bicyclic) bond motifs is 3. The van der Waals surface area contributed by atoms with E-state index in [2.05, 4.69) is 9.97 Å². The molecule has 1 aromatic carbocycles. The maximum Gasteiger partial charge on any atom is 0.256 e. The molecule has 0 saturated heterocycles. The van der Waals surface area contributed by atoms with Gasteiger partial charge in [0.05, 0.1) is 35.2 Å². The molecule has 2 aromatic heterocycles. The number of rotatable bonds is 3. The molecule has 0 saturated carbocycles. The second-order valence-electron chi connectivity index (χ2n) is 6.40. The van der Waals surface area contributed by atoms with Crippen LogP contribution < -0.4 is 5.73 Å². The van der Waals surface area contributed by atoms with Crippen molar-refractivity contribution < 1.29 is 9.59 Å². The van der Waals surface area contributed by atoms with Crippen LogP contribution in [-0.4, -0.2) is 37.8 Å². The van der Waals surface area contributed by atoms with Crippen molar-refractivity contribution in [2.45, 2.75) is 19.9 Å². The average molecular weight is 337 g/mol. The van der Waals surface area contributed by atoms with Gasteiger partial charge in [-0.2, -0.15) is 0 Å². The van der Waals surface area contributed by atoms with Gasteiger partial charge in [0.25, 0.3) is 11.8 Å². The number of carbonyl (C=O) groups excluding carboxylic acids is 2. The van der Waals surface area contributed by atoms with Gasteiger partial charge in [-0.3, -0.25) is 9.59 Å². The predicted molar refractivity (Wildman–Crippen MR) is 93.2 cm³/mol. The van der Waals surface area contributed by atoms with E-state index in [0.717, 1.165) is 34.4 Å². The predicted octanol–water partition coefficient (Wildman–Crippen LogP) is 1.51. The summed E-state index contributed by atoms with van der Waals surface area (Å²) >= 11 is 0. The first-order valence-electron chi connectivity index (χ1n) is 8.17. The van der Waals surface area contributed by atoms with Crippen LogP contribution in [0, 0.1) is 6.92 Å². The molecule has 0 bridgehead atoms. The molecule has 0 unspecified atom stereocenters. The minimum Gasteiger partial charge on any atom is -0.366 e. The second kappa shape index (κ2) is 5.47. The van der Waals surface area contributed by atoms with Crippen LogP contribution in [0.4, 0.5) is 0 Å². The third kappa shape index (κ3) is 2.23. The standard InChI is InChI=1S/C18H19N5O2/c1-10-13(21-9-20-10)8-23-7-6-14-15(18(23)25)11-4-3-5-12(17(19)24)16(11)22(14)2/h3-5,9H,6-8H2,1-2H3,(H2,19,24)(H,20,21). The number of H-pyrrole nitrogens is 1. The van der Waals surface area contributed by atoms with Crippen LogP contribution in [0.1, 0.15) is 37.8 Å². The lowest BCUT2D eigenvalue weighted by atomic mass is 10.0. The number of aromatic amines is 1. The molecule has 3 heterocycles. The third-order valence-corrected chi connectivity index (χ3v) is 4.99. The van der Waals surface area contributed by atoms with Crippen molar-refractivity contribution >= 4 is 22.7 Å². The Morgan fingerprint density at radius 2 is 2.20 bits per heavy atom. The first-order chi connectivity index (χ1) is 12.0. The number of hydrogen-bond donors (Lipinski definition) is 2. The Kier molecular flexibility index (Phi) is 3.38. The van der Waals surface area contributed by atoms with E-state index in [1.807, 2.05) is 29.5 Å². The Bertz CT molecular complexity index is 1010. The third-order valence-electron chi connectivity index (χ3n) is 4.99. The first-order valence-corrected chi connectivity index (χ1v) is 8.17. The van der Waals surface area contributed by atoms with Gasteiger partial charge in [-0.25, -0.2) is 4.98 Å². The highest BCUT2D eigenvalue weighted by Crippen LogP contribution is 2.32. The molecule has 3 aromatic rings. The number of aryl methyl sites for hydroxylation is 2. The summed E-state index contributed by atoms with van der Waals surface area (Å²) in [4.78, 5) is 34.0. The van der Waals surface area contributed by atoms with Crippen LogP contribution in [0.3, 0.4) is 0 Å². The van der Waals surface area contributed by atoms with E-state index < -0.39 is 5.91 Å². The Morgan fingerprint density at radius 3 is 2.88 bits per heavy atom. The number of benzene rings is 1. The van der Waals surface area contributed by atoms with Gasteiger partial charge >= 0.3 is 0 Å². The van der Waals surface area contributed by atoms with Crippen molar-refractivity contribution in [3.05, 3.63) is 52.7 Å². The summed E-state index contributed by atoms with van der Waals surface area (Å²) in [5, 5.41) is 0.780. The number of amides is 2. The Balaban J connectivity index is 1.82. The molecule has 0 radical (unpaired) electrons. The van der Waals surface area contributed by atoms with Gasteiger partial charge in [-0.15, -0.1) is 0 Å². The number of nitrogens with two attached hydrogens (primary N) is 1. The summed E-state index contributed by atoms with van der Waals surface area (Å²) in [6.45, 7) is 3.03. The molecule has 0 aliphatic carbocycles. The van der Waals surface area contributed by atoms with Crippen molar-refractivity contribution in [1.82, 2.24) is 19.4 Å². The van der Waals surface area contributed by atoms with Crippen molar-refractivity contribution in [3.63, 3.8) is 0 Å². The molecular formula is C18H19N5O2. The summed E-state index contributed by atoms with van der Waals surface area (Å²) in [5.41, 5.74) is 10.1. The molecule has 0 atom stereocenters. The fourth-order valence-corrected chi connectivity index (χ4v) is 3.67. The lowest BCUT2D eigenvalue weighted by Crippen LogP contribution is -2.37. The van der Waals surface area contributed by atoms with E-state index >= 15 is 0 Å². The van der Waals surface area contributed by atoms with Crippen molar-refractivity contribution in [3.8, 4) is 0 Å². The normalized spacial score (nSPS) is 14.2. The summed E-state index contributed by atoms with van der Waals surface area (Å²) in [6.07, 6.45) is 2.37. The molecule has 1 aliphatic heterocycles. The minimum atomic E-state index is -0.486. The molecule has 4 rings (SSSR count). The lowest BCUT2D eigenvalue weighted by Gasteiger charge is -2.27. The molecule has 128 valence electrons. The van der Waals surface area contributed by atoms with E-state index in [4.69, 9.17) is 5.73 Å². The molecule has 1 aliphatic rings. The Hall–Kier alpha value is -3.09. The Morgan fingerprint density at radius 1 is 1.40 bits per heavy atom. The fraction of sp³-hybridized carbons (Fsp3) is 0.278. The number of carbonyl (C=O) groups is 2. The summed E-state index contributed by atoms with van der Waals surface area (Å²) < 4.78 is 1.93. The molecule has 25 heavy (non-hydrogen) atoms. The van der Waals surface area contributed by atoms with Crippen molar-refractivity contribution in [2.24, 2.45) is 12.8 Å². The van der Waals surface area contributed by atoms with Gasteiger partial charge in [-0.05, 0) is 13.0 Å². The van der Waals surface area contributed by atoms with Crippen LogP contribution in [0.2, 0.25) is 0 Å². The van der Waals surface area contributed by atoms with Crippen LogP contribution in [0.5, 0.6) is 0 Å². The number of aromatic nitrogens is 3. The topological polar surface area (TPSA) is 97.0 Å². The van der Waals surface area contributed by atoms with Gasteiger partial charge in [0.2, 0.25) is 0 Å². The zero-order valence-corrected chi connectivity index (χ0v) is 14.2. The second-order valence-corrected chi connectivity index (χ2v) is 6.40. The SMILES string of the molecule is Cc1[nH]cnc1CN1CCc2c(c3cccc(C(N)=O)c3n2C)C1=O. The number of nitrogens with zero attached hydrogens (tertiary/aromatic N) is 3. The van der Waals surface area contributed by atoms with Gasteiger partial charge in [0.1, 0.15) is 0 Å². The number of nitrogens with one attached hydrogen (secondary N) is 1. The van der Waals surface area contributed by atoms with E-state index in [-0.39, 0.29) is 5.91 Å². The number of primary amides is 1. The highest BCUT2D eigenvalue weighted by atomic mass is 16.2. The van der Waals surface area contributed by atoms with Crippen LogP contribution >= 0.6 is 0 Å². The van der Waals surface area contributed by atoms with E-state index in [0.29, 0.717) is 24.2 Å². The van der Waals surface area contributed by atoms with E-state index in [1.54, 1.807) is 18.5 Å². The summed E-state index contributed by atoms with van der Waals surface area (Å²) in [5.74, 6) is -0.518.